The van der Waals surface area contributed by atoms with Gasteiger partial charge in [0.15, 0.2) is 5.78 Å². The number of carboxylic acid groups (broad SMARTS) is 1. The number of carbonyl (C=O) groups is 2. The van der Waals surface area contributed by atoms with Gasteiger partial charge in [-0.25, -0.2) is 0 Å². The van der Waals surface area contributed by atoms with Crippen molar-refractivity contribution < 1.29 is 14.7 Å². The molecule has 0 radical (unpaired) electrons. The summed E-state index contributed by atoms with van der Waals surface area (Å²) in [4.78, 5) is 23.6. The van der Waals surface area contributed by atoms with E-state index in [1.54, 1.807) is 41.5 Å². The van der Waals surface area contributed by atoms with E-state index in [-0.39, 0.29) is 11.7 Å². The number of aliphatic carboxylic acids is 1. The van der Waals surface area contributed by atoms with Crippen molar-refractivity contribution in [3.05, 3.63) is 0 Å². The Bertz CT molecular complexity index is 261. The highest BCUT2D eigenvalue weighted by molar-refractivity contribution is 6.05. The lowest BCUT2D eigenvalue weighted by Crippen LogP contribution is -2.48. The van der Waals surface area contributed by atoms with Crippen LogP contribution < -0.4 is 0 Å². The molecule has 0 aliphatic rings. The molecule has 3 nitrogen and oxygen atoms in total. The Labute approximate surface area is 91.9 Å². The van der Waals surface area contributed by atoms with Gasteiger partial charge in [-0.1, -0.05) is 41.5 Å². The van der Waals surface area contributed by atoms with Crippen molar-refractivity contribution in [2.75, 3.05) is 0 Å². The lowest BCUT2D eigenvalue weighted by Gasteiger charge is -2.36. The van der Waals surface area contributed by atoms with Crippen molar-refractivity contribution in [2.24, 2.45) is 16.7 Å². The predicted octanol–water partition coefficient (Wildman–Crippen LogP) is 2.74. The Morgan fingerprint density at radius 1 is 1.20 bits per heavy atom. The first-order chi connectivity index (χ1) is 6.60. The van der Waals surface area contributed by atoms with Crippen molar-refractivity contribution in [1.82, 2.24) is 0 Å². The Balaban J connectivity index is 5.48. The van der Waals surface area contributed by atoms with E-state index < -0.39 is 16.8 Å². The van der Waals surface area contributed by atoms with Gasteiger partial charge in [0.1, 0.15) is 5.41 Å². The van der Waals surface area contributed by atoms with E-state index in [0.717, 1.165) is 0 Å². The summed E-state index contributed by atoms with van der Waals surface area (Å²) in [5.74, 6) is -1.37. The van der Waals surface area contributed by atoms with Crippen molar-refractivity contribution in [2.45, 2.75) is 48.0 Å². The molecule has 3 heteroatoms. The van der Waals surface area contributed by atoms with Crippen molar-refractivity contribution in [3.63, 3.8) is 0 Å². The third-order valence-corrected chi connectivity index (χ3v) is 3.01. The van der Waals surface area contributed by atoms with Crippen LogP contribution >= 0.6 is 0 Å². The molecule has 0 amide bonds. The minimum absolute atomic E-state index is 0.181. The second-order valence-electron chi connectivity index (χ2n) is 5.36. The van der Waals surface area contributed by atoms with Crippen LogP contribution in [0, 0.1) is 16.7 Å². The Morgan fingerprint density at radius 2 is 1.60 bits per heavy atom. The average molecular weight is 214 g/mol. The third-order valence-electron chi connectivity index (χ3n) is 3.01. The van der Waals surface area contributed by atoms with Gasteiger partial charge in [-0.2, -0.15) is 0 Å². The zero-order chi connectivity index (χ0) is 12.4. The van der Waals surface area contributed by atoms with E-state index in [1.807, 2.05) is 0 Å². The average Bonchev–Trinajstić information content (AvgIpc) is 2.03. The van der Waals surface area contributed by atoms with Crippen LogP contribution in [0.25, 0.3) is 0 Å². The summed E-state index contributed by atoms with van der Waals surface area (Å²) < 4.78 is 0. The molecule has 1 N–H and O–H groups in total. The number of carboxylic acids is 1. The molecule has 0 aromatic rings. The fraction of sp³-hybridized carbons (Fsp3) is 0.833. The van der Waals surface area contributed by atoms with Gasteiger partial charge in [-0.05, 0) is 12.3 Å². The molecule has 0 fully saturated rings. The number of ketones is 1. The monoisotopic (exact) mass is 214 g/mol. The van der Waals surface area contributed by atoms with Gasteiger partial charge < -0.3 is 5.11 Å². The fourth-order valence-corrected chi connectivity index (χ4v) is 2.00. The summed E-state index contributed by atoms with van der Waals surface area (Å²) in [7, 11) is 0. The van der Waals surface area contributed by atoms with Gasteiger partial charge in [0.25, 0.3) is 0 Å². The van der Waals surface area contributed by atoms with Crippen LogP contribution in [0.3, 0.4) is 0 Å². The first-order valence-corrected chi connectivity index (χ1v) is 5.39. The van der Waals surface area contributed by atoms with Gasteiger partial charge in [0.2, 0.25) is 0 Å². The second-order valence-corrected chi connectivity index (χ2v) is 5.36. The second kappa shape index (κ2) is 4.33. The standard InChI is InChI=1S/C12H22O3/c1-7-12(8(2)3,10(14)15)9(13)11(4,5)6/h8H,7H2,1-6H3,(H,14,15). The first-order valence-electron chi connectivity index (χ1n) is 5.39. The van der Waals surface area contributed by atoms with Gasteiger partial charge in [0, 0.05) is 5.41 Å². The van der Waals surface area contributed by atoms with Gasteiger partial charge in [-0.3, -0.25) is 9.59 Å². The van der Waals surface area contributed by atoms with Crippen LogP contribution in [0.5, 0.6) is 0 Å². The van der Waals surface area contributed by atoms with E-state index >= 15 is 0 Å². The molecule has 0 aliphatic carbocycles. The van der Waals surface area contributed by atoms with E-state index in [1.165, 1.54) is 0 Å². The topological polar surface area (TPSA) is 54.4 Å². The minimum Gasteiger partial charge on any atom is -0.480 e. The van der Waals surface area contributed by atoms with Crippen LogP contribution in [-0.4, -0.2) is 16.9 Å². The van der Waals surface area contributed by atoms with Gasteiger partial charge in [0.05, 0.1) is 0 Å². The fourth-order valence-electron chi connectivity index (χ4n) is 2.00. The Morgan fingerprint density at radius 3 is 1.67 bits per heavy atom. The number of hydrogen-bond donors (Lipinski definition) is 1. The van der Waals surface area contributed by atoms with Gasteiger partial charge >= 0.3 is 5.97 Å². The Kier molecular flexibility index (Phi) is 4.08. The number of hydrogen-bond acceptors (Lipinski definition) is 2. The molecule has 88 valence electrons. The maximum atomic E-state index is 12.2. The highest BCUT2D eigenvalue weighted by Crippen LogP contribution is 2.39. The van der Waals surface area contributed by atoms with E-state index in [9.17, 15) is 14.7 Å². The smallest absolute Gasteiger partial charge is 0.317 e. The molecule has 0 spiro atoms. The van der Waals surface area contributed by atoms with Crippen molar-refractivity contribution in [3.8, 4) is 0 Å². The summed E-state index contributed by atoms with van der Waals surface area (Å²) in [6.45, 7) is 10.7. The maximum Gasteiger partial charge on any atom is 0.317 e. The summed E-state index contributed by atoms with van der Waals surface area (Å²) in [5.41, 5.74) is -1.85. The van der Waals surface area contributed by atoms with Crippen LogP contribution in [0.1, 0.15) is 48.0 Å². The zero-order valence-corrected chi connectivity index (χ0v) is 10.5. The van der Waals surface area contributed by atoms with E-state index in [2.05, 4.69) is 0 Å². The minimum atomic E-state index is -1.24. The molecule has 15 heavy (non-hydrogen) atoms. The molecule has 0 bridgehead atoms. The Hall–Kier alpha value is -0.860. The van der Waals surface area contributed by atoms with Crippen LogP contribution in [0.4, 0.5) is 0 Å². The molecule has 0 aliphatic heterocycles. The number of Topliss-reactive ketones (excluding diaryl/α,β-unsaturated/α-hetero) is 1. The largest absolute Gasteiger partial charge is 0.480 e. The molecule has 0 saturated carbocycles. The lowest BCUT2D eigenvalue weighted by molar-refractivity contribution is -0.162. The van der Waals surface area contributed by atoms with E-state index in [4.69, 9.17) is 0 Å². The maximum absolute atomic E-state index is 12.2. The number of rotatable bonds is 4. The summed E-state index contributed by atoms with van der Waals surface area (Å²) >= 11 is 0. The zero-order valence-electron chi connectivity index (χ0n) is 10.5. The number of carbonyl (C=O) groups excluding carboxylic acids is 1. The molecule has 1 unspecified atom stereocenters. The SMILES string of the molecule is CCC(C(=O)O)(C(=O)C(C)(C)C)C(C)C. The summed E-state index contributed by atoms with van der Waals surface area (Å²) in [5, 5.41) is 9.31. The molecule has 0 heterocycles. The lowest BCUT2D eigenvalue weighted by atomic mass is 9.65. The molecule has 0 aromatic heterocycles. The highest BCUT2D eigenvalue weighted by atomic mass is 16.4. The molecule has 0 rings (SSSR count). The molecular formula is C12H22O3. The summed E-state index contributed by atoms with van der Waals surface area (Å²) in [6.07, 6.45) is 0.343. The molecule has 1 atom stereocenters. The molecule has 0 saturated heterocycles. The third kappa shape index (κ3) is 2.39. The molecular weight excluding hydrogens is 192 g/mol. The quantitative estimate of drug-likeness (QED) is 0.732. The first kappa shape index (κ1) is 14.1. The van der Waals surface area contributed by atoms with Crippen LogP contribution in [0.2, 0.25) is 0 Å². The normalized spacial score (nSPS) is 16.2. The highest BCUT2D eigenvalue weighted by Gasteiger charge is 2.50. The van der Waals surface area contributed by atoms with Crippen molar-refractivity contribution in [1.29, 1.82) is 0 Å². The predicted molar refractivity (Wildman–Crippen MR) is 59.7 cm³/mol. The molecule has 0 aromatic carbocycles. The van der Waals surface area contributed by atoms with Crippen LogP contribution in [0.15, 0.2) is 0 Å². The van der Waals surface area contributed by atoms with Crippen molar-refractivity contribution >= 4 is 11.8 Å². The van der Waals surface area contributed by atoms with Crippen LogP contribution in [-0.2, 0) is 9.59 Å². The van der Waals surface area contributed by atoms with E-state index in [0.29, 0.717) is 6.42 Å². The summed E-state index contributed by atoms with van der Waals surface area (Å²) in [6, 6.07) is 0. The van der Waals surface area contributed by atoms with Gasteiger partial charge in [-0.15, -0.1) is 0 Å².